The van der Waals surface area contributed by atoms with E-state index < -0.39 is 0 Å². The Balaban J connectivity index is 2.16. The van der Waals surface area contributed by atoms with Crippen molar-refractivity contribution in [1.82, 2.24) is 4.57 Å². The Morgan fingerprint density at radius 2 is 2.20 bits per heavy atom. The molecule has 78 valence electrons. The van der Waals surface area contributed by atoms with Crippen LogP contribution >= 0.6 is 0 Å². The Bertz CT molecular complexity index is 473. The summed E-state index contributed by atoms with van der Waals surface area (Å²) in [6, 6.07) is 8.31. The Morgan fingerprint density at radius 3 is 2.87 bits per heavy atom. The van der Waals surface area contributed by atoms with Gasteiger partial charge in [0, 0.05) is 18.8 Å². The van der Waals surface area contributed by atoms with Gasteiger partial charge in [-0.25, -0.2) is 0 Å². The third-order valence-electron chi connectivity index (χ3n) is 2.20. The van der Waals surface area contributed by atoms with Crippen molar-refractivity contribution in [3.05, 3.63) is 58.9 Å². The number of furan rings is 1. The summed E-state index contributed by atoms with van der Waals surface area (Å²) in [6.45, 7) is 0.424. The first-order chi connectivity index (χ1) is 7.27. The second-order valence-corrected chi connectivity index (χ2v) is 3.31. The van der Waals surface area contributed by atoms with Gasteiger partial charge in [-0.1, -0.05) is 6.07 Å². The topological polar surface area (TPSA) is 61.2 Å². The van der Waals surface area contributed by atoms with Gasteiger partial charge in [-0.05, 0) is 18.2 Å². The van der Waals surface area contributed by atoms with Crippen LogP contribution in [-0.2, 0) is 6.54 Å². The van der Waals surface area contributed by atoms with Gasteiger partial charge < -0.3 is 14.7 Å². The molecule has 0 saturated carbocycles. The van der Waals surface area contributed by atoms with E-state index in [0.29, 0.717) is 12.3 Å². The molecule has 1 unspecified atom stereocenters. The van der Waals surface area contributed by atoms with Crippen LogP contribution in [0.25, 0.3) is 0 Å². The fourth-order valence-corrected chi connectivity index (χ4v) is 1.42. The van der Waals surface area contributed by atoms with Gasteiger partial charge in [-0.15, -0.1) is 0 Å². The minimum atomic E-state index is -0.292. The van der Waals surface area contributed by atoms with E-state index in [1.54, 1.807) is 41.3 Å². The Hall–Kier alpha value is -1.81. The molecule has 0 amide bonds. The van der Waals surface area contributed by atoms with E-state index in [9.17, 15) is 4.79 Å². The molecule has 2 heterocycles. The number of hydrogen-bond donors (Lipinski definition) is 1. The maximum absolute atomic E-state index is 11.4. The average molecular weight is 204 g/mol. The molecule has 0 bridgehead atoms. The first-order valence-electron chi connectivity index (χ1n) is 4.72. The van der Waals surface area contributed by atoms with E-state index in [2.05, 4.69) is 0 Å². The zero-order valence-corrected chi connectivity index (χ0v) is 8.17. The van der Waals surface area contributed by atoms with Crippen LogP contribution in [0, 0.1) is 0 Å². The van der Waals surface area contributed by atoms with Crippen molar-refractivity contribution in [3.63, 3.8) is 0 Å². The SMILES string of the molecule is NC(Cn1ccccc1=O)c1ccco1. The Morgan fingerprint density at radius 1 is 1.33 bits per heavy atom. The van der Waals surface area contributed by atoms with Gasteiger partial charge >= 0.3 is 0 Å². The number of nitrogens with zero attached hydrogens (tertiary/aromatic N) is 1. The van der Waals surface area contributed by atoms with Gasteiger partial charge in [0.25, 0.3) is 5.56 Å². The monoisotopic (exact) mass is 204 g/mol. The zero-order chi connectivity index (χ0) is 10.7. The van der Waals surface area contributed by atoms with Crippen molar-refractivity contribution in [2.75, 3.05) is 0 Å². The molecule has 2 aromatic rings. The van der Waals surface area contributed by atoms with E-state index in [1.807, 2.05) is 0 Å². The van der Waals surface area contributed by atoms with E-state index in [1.165, 1.54) is 6.07 Å². The van der Waals surface area contributed by atoms with Crippen LogP contribution in [0.15, 0.2) is 52.0 Å². The van der Waals surface area contributed by atoms with Gasteiger partial charge in [0.15, 0.2) is 0 Å². The molecule has 15 heavy (non-hydrogen) atoms. The lowest BCUT2D eigenvalue weighted by molar-refractivity contribution is 0.431. The van der Waals surface area contributed by atoms with Crippen LogP contribution in [0.3, 0.4) is 0 Å². The average Bonchev–Trinajstić information content (AvgIpc) is 2.74. The molecule has 0 aliphatic heterocycles. The molecule has 4 heteroatoms. The van der Waals surface area contributed by atoms with E-state index >= 15 is 0 Å². The Kier molecular flexibility index (Phi) is 2.69. The first kappa shape index (κ1) is 9.73. The molecule has 0 radical (unpaired) electrons. The summed E-state index contributed by atoms with van der Waals surface area (Å²) in [4.78, 5) is 11.4. The molecule has 0 spiro atoms. The van der Waals surface area contributed by atoms with E-state index in [4.69, 9.17) is 10.2 Å². The standard InChI is InChI=1S/C11H12N2O2/c12-9(10-4-3-7-15-10)8-13-6-2-1-5-11(13)14/h1-7,9H,8,12H2. The zero-order valence-electron chi connectivity index (χ0n) is 8.17. The highest BCUT2D eigenvalue weighted by molar-refractivity contribution is 5.04. The highest BCUT2D eigenvalue weighted by Gasteiger charge is 2.09. The summed E-state index contributed by atoms with van der Waals surface area (Å²) < 4.78 is 6.73. The van der Waals surface area contributed by atoms with Crippen molar-refractivity contribution in [2.24, 2.45) is 5.73 Å². The van der Waals surface area contributed by atoms with Crippen molar-refractivity contribution < 1.29 is 4.42 Å². The molecular formula is C11H12N2O2. The van der Waals surface area contributed by atoms with E-state index in [-0.39, 0.29) is 11.6 Å². The summed E-state index contributed by atoms with van der Waals surface area (Å²) in [6.07, 6.45) is 3.29. The van der Waals surface area contributed by atoms with Gasteiger partial charge in [0.1, 0.15) is 5.76 Å². The van der Waals surface area contributed by atoms with Crippen molar-refractivity contribution in [1.29, 1.82) is 0 Å². The molecule has 0 aliphatic rings. The molecule has 0 aliphatic carbocycles. The van der Waals surface area contributed by atoms with Crippen LogP contribution in [0.1, 0.15) is 11.8 Å². The number of nitrogens with two attached hydrogens (primary N) is 1. The molecular weight excluding hydrogens is 192 g/mol. The third-order valence-corrected chi connectivity index (χ3v) is 2.20. The first-order valence-corrected chi connectivity index (χ1v) is 4.72. The largest absolute Gasteiger partial charge is 0.468 e. The fraction of sp³-hybridized carbons (Fsp3) is 0.182. The lowest BCUT2D eigenvalue weighted by atomic mass is 10.2. The van der Waals surface area contributed by atoms with Crippen molar-refractivity contribution in [3.8, 4) is 0 Å². The predicted octanol–water partition coefficient (Wildman–Crippen LogP) is 1.14. The molecule has 1 atom stereocenters. The highest BCUT2D eigenvalue weighted by Crippen LogP contribution is 2.11. The quantitative estimate of drug-likeness (QED) is 0.815. The third kappa shape index (κ3) is 2.16. The van der Waals surface area contributed by atoms with Gasteiger partial charge in [0.05, 0.1) is 12.3 Å². The van der Waals surface area contributed by atoms with Crippen LogP contribution in [0.4, 0.5) is 0 Å². The smallest absolute Gasteiger partial charge is 0.250 e. The molecule has 2 rings (SSSR count). The van der Waals surface area contributed by atoms with Crippen LogP contribution in [-0.4, -0.2) is 4.57 Å². The number of aromatic nitrogens is 1. The molecule has 0 saturated heterocycles. The summed E-state index contributed by atoms with van der Waals surface area (Å²) in [5, 5.41) is 0. The van der Waals surface area contributed by atoms with Crippen LogP contribution in [0.5, 0.6) is 0 Å². The maximum Gasteiger partial charge on any atom is 0.250 e. The molecule has 2 N–H and O–H groups in total. The number of hydrogen-bond acceptors (Lipinski definition) is 3. The second kappa shape index (κ2) is 4.14. The highest BCUT2D eigenvalue weighted by atomic mass is 16.3. The van der Waals surface area contributed by atoms with Gasteiger partial charge in [-0.2, -0.15) is 0 Å². The predicted molar refractivity (Wildman–Crippen MR) is 56.3 cm³/mol. The fourth-order valence-electron chi connectivity index (χ4n) is 1.42. The summed E-state index contributed by atoms with van der Waals surface area (Å²) in [7, 11) is 0. The Labute approximate surface area is 86.9 Å². The van der Waals surface area contributed by atoms with Gasteiger partial charge in [-0.3, -0.25) is 4.79 Å². The van der Waals surface area contributed by atoms with Crippen molar-refractivity contribution in [2.45, 2.75) is 12.6 Å². The molecule has 4 nitrogen and oxygen atoms in total. The van der Waals surface area contributed by atoms with E-state index in [0.717, 1.165) is 0 Å². The molecule has 0 fully saturated rings. The van der Waals surface area contributed by atoms with Crippen molar-refractivity contribution >= 4 is 0 Å². The second-order valence-electron chi connectivity index (χ2n) is 3.31. The minimum Gasteiger partial charge on any atom is -0.468 e. The van der Waals surface area contributed by atoms with Crippen LogP contribution in [0.2, 0.25) is 0 Å². The minimum absolute atomic E-state index is 0.0560. The summed E-state index contributed by atoms with van der Waals surface area (Å²) in [5.74, 6) is 0.686. The lowest BCUT2D eigenvalue weighted by Crippen LogP contribution is -2.25. The number of pyridine rings is 1. The molecule has 0 aromatic carbocycles. The normalized spacial score (nSPS) is 12.6. The maximum atomic E-state index is 11.4. The summed E-state index contributed by atoms with van der Waals surface area (Å²) in [5.41, 5.74) is 5.83. The molecule has 2 aromatic heterocycles. The summed E-state index contributed by atoms with van der Waals surface area (Å²) >= 11 is 0. The number of rotatable bonds is 3. The van der Waals surface area contributed by atoms with Gasteiger partial charge in [0.2, 0.25) is 0 Å². The lowest BCUT2D eigenvalue weighted by Gasteiger charge is -2.10. The van der Waals surface area contributed by atoms with Crippen LogP contribution < -0.4 is 11.3 Å².